The first-order chi connectivity index (χ1) is 12.7. The van der Waals surface area contributed by atoms with Crippen LogP contribution in [0.2, 0.25) is 0 Å². The normalized spacial score (nSPS) is 17.1. The van der Waals surface area contributed by atoms with Gasteiger partial charge in [0, 0.05) is 5.69 Å². The Morgan fingerprint density at radius 1 is 1.33 bits per heavy atom. The quantitative estimate of drug-likeness (QED) is 0.858. The molecule has 0 spiro atoms. The summed E-state index contributed by atoms with van der Waals surface area (Å²) in [5, 5.41) is 13.2. The van der Waals surface area contributed by atoms with Crippen molar-refractivity contribution in [3.05, 3.63) is 47.3 Å². The molecule has 1 aliphatic heterocycles. The van der Waals surface area contributed by atoms with Crippen LogP contribution in [0.15, 0.2) is 30.5 Å². The van der Waals surface area contributed by atoms with Crippen molar-refractivity contribution >= 4 is 17.6 Å². The van der Waals surface area contributed by atoms with Gasteiger partial charge in [-0.05, 0) is 24.6 Å². The first kappa shape index (κ1) is 18.9. The molecule has 2 heterocycles. The molecule has 0 bridgehead atoms. The van der Waals surface area contributed by atoms with E-state index < -0.39 is 24.7 Å². The number of carbonyl (C=O) groups excluding carboxylic acids is 1. The molecule has 1 atom stereocenters. The first-order valence-electron chi connectivity index (χ1n) is 8.03. The largest absolute Gasteiger partial charge is 0.478 e. The van der Waals surface area contributed by atoms with Crippen molar-refractivity contribution in [2.45, 2.75) is 32.3 Å². The molecule has 1 aromatic heterocycles. The van der Waals surface area contributed by atoms with Crippen molar-refractivity contribution in [2.24, 2.45) is 0 Å². The number of rotatable bonds is 5. The molecule has 0 saturated heterocycles. The van der Waals surface area contributed by atoms with E-state index in [4.69, 9.17) is 0 Å². The maximum absolute atomic E-state index is 12.8. The third-order valence-corrected chi connectivity index (χ3v) is 4.12. The van der Waals surface area contributed by atoms with Gasteiger partial charge in [0.2, 0.25) is 0 Å². The van der Waals surface area contributed by atoms with Gasteiger partial charge in [0.25, 0.3) is 5.91 Å². The molecule has 1 N–H and O–H groups in total. The zero-order chi connectivity index (χ0) is 19.8. The molecule has 10 heteroatoms. The maximum atomic E-state index is 12.8. The molecule has 0 saturated carbocycles. The van der Waals surface area contributed by atoms with E-state index in [1.54, 1.807) is 31.2 Å². The van der Waals surface area contributed by atoms with Gasteiger partial charge in [-0.3, -0.25) is 9.48 Å². The van der Waals surface area contributed by atoms with Crippen LogP contribution >= 0.6 is 0 Å². The number of carboxylic acid groups (broad SMARTS) is 1. The van der Waals surface area contributed by atoms with Crippen LogP contribution in [0.4, 0.5) is 18.9 Å². The topological polar surface area (TPSA) is 84.7 Å². The molecule has 27 heavy (non-hydrogen) atoms. The van der Waals surface area contributed by atoms with Crippen LogP contribution in [0.25, 0.3) is 0 Å². The molecule has 0 fully saturated rings. The van der Waals surface area contributed by atoms with E-state index >= 15 is 0 Å². The Balaban J connectivity index is 1.78. The molecule has 1 aromatic carbocycles. The summed E-state index contributed by atoms with van der Waals surface area (Å²) in [6.07, 6.45) is -3.24. The highest BCUT2D eigenvalue weighted by Gasteiger charge is 2.35. The number of alkyl halides is 3. The van der Waals surface area contributed by atoms with Gasteiger partial charge in [0.05, 0.1) is 25.4 Å². The molecule has 0 aliphatic carbocycles. The summed E-state index contributed by atoms with van der Waals surface area (Å²) in [7, 11) is 0. The molecule has 1 aliphatic rings. The third kappa shape index (κ3) is 3.95. The summed E-state index contributed by atoms with van der Waals surface area (Å²) in [4.78, 5) is 25.6. The van der Waals surface area contributed by atoms with Crippen LogP contribution in [0.1, 0.15) is 33.3 Å². The fourth-order valence-electron chi connectivity index (χ4n) is 2.96. The molecule has 2 aromatic rings. The van der Waals surface area contributed by atoms with E-state index in [0.29, 0.717) is 17.8 Å². The number of halogens is 3. The average molecular weight is 383 g/mol. The van der Waals surface area contributed by atoms with Crippen LogP contribution in [0.3, 0.4) is 0 Å². The van der Waals surface area contributed by atoms with E-state index in [1.807, 2.05) is 0 Å². The van der Waals surface area contributed by atoms with E-state index in [0.717, 1.165) is 6.20 Å². The van der Waals surface area contributed by atoms with Gasteiger partial charge in [-0.25, -0.2) is 4.79 Å². The summed E-state index contributed by atoms with van der Waals surface area (Å²) < 4.78 is 42.3. The fraction of sp³-hybridized carbons (Fsp3) is 0.353. The van der Waals surface area contributed by atoms with Gasteiger partial charge < -0.3 is 14.7 Å². The number of nitrogens with zero attached hydrogens (tertiary/aromatic N) is 3. The number of benzene rings is 1. The van der Waals surface area contributed by atoms with Gasteiger partial charge >= 0.3 is 12.1 Å². The molecule has 0 radical (unpaired) electrons. The SMILES string of the molecule is CC1Cn2ncc(C(=O)O)c2C(=O)N1c1ccc(COCC(F)(F)F)cc1. The number of carbonyl (C=O) groups is 2. The highest BCUT2D eigenvalue weighted by Crippen LogP contribution is 2.27. The molecule has 144 valence electrons. The van der Waals surface area contributed by atoms with Crippen molar-refractivity contribution in [3.8, 4) is 0 Å². The minimum Gasteiger partial charge on any atom is -0.478 e. The highest BCUT2D eigenvalue weighted by atomic mass is 19.4. The zero-order valence-corrected chi connectivity index (χ0v) is 14.2. The van der Waals surface area contributed by atoms with Crippen molar-refractivity contribution < 1.29 is 32.6 Å². The summed E-state index contributed by atoms with van der Waals surface area (Å²) >= 11 is 0. The smallest absolute Gasteiger partial charge is 0.411 e. The number of fused-ring (bicyclic) bond motifs is 1. The fourth-order valence-corrected chi connectivity index (χ4v) is 2.96. The van der Waals surface area contributed by atoms with Crippen LogP contribution in [0.5, 0.6) is 0 Å². The Kier molecular flexibility index (Phi) is 4.92. The number of ether oxygens (including phenoxy) is 1. The van der Waals surface area contributed by atoms with E-state index in [1.165, 1.54) is 9.58 Å². The standard InChI is InChI=1S/C17H16F3N3O4/c1-10-7-22-14(13(6-21-22)16(25)26)15(24)23(10)12-4-2-11(3-5-12)8-27-9-17(18,19)20/h2-6,10H,7-9H2,1H3,(H,25,26). The Hall–Kier alpha value is -2.88. The number of amides is 1. The molecular formula is C17H16F3N3O4. The number of aromatic nitrogens is 2. The van der Waals surface area contributed by atoms with Gasteiger partial charge in [-0.15, -0.1) is 0 Å². The van der Waals surface area contributed by atoms with Gasteiger partial charge in [0.1, 0.15) is 17.9 Å². The van der Waals surface area contributed by atoms with Crippen molar-refractivity contribution in [2.75, 3.05) is 11.5 Å². The minimum atomic E-state index is -4.39. The molecule has 1 amide bonds. The highest BCUT2D eigenvalue weighted by molar-refractivity contribution is 6.11. The second-order valence-corrected chi connectivity index (χ2v) is 6.19. The summed E-state index contributed by atoms with van der Waals surface area (Å²) in [6, 6.07) is 6.03. The Labute approximate surface area is 151 Å². The lowest BCUT2D eigenvalue weighted by Crippen LogP contribution is -2.47. The lowest BCUT2D eigenvalue weighted by atomic mass is 10.1. The number of hydrogen-bond acceptors (Lipinski definition) is 4. The summed E-state index contributed by atoms with van der Waals surface area (Å²) in [6.45, 7) is 0.575. The summed E-state index contributed by atoms with van der Waals surface area (Å²) in [5.74, 6) is -1.74. The summed E-state index contributed by atoms with van der Waals surface area (Å²) in [5.41, 5.74) is 0.861. The number of anilines is 1. The molecule has 7 nitrogen and oxygen atoms in total. The molecule has 1 unspecified atom stereocenters. The molecular weight excluding hydrogens is 367 g/mol. The van der Waals surface area contributed by atoms with Crippen molar-refractivity contribution in [3.63, 3.8) is 0 Å². The predicted octanol–water partition coefficient (Wildman–Crippen LogP) is 2.71. The van der Waals surface area contributed by atoms with E-state index in [9.17, 15) is 27.9 Å². The zero-order valence-electron chi connectivity index (χ0n) is 14.2. The van der Waals surface area contributed by atoms with Crippen LogP contribution in [-0.4, -0.2) is 45.6 Å². The van der Waals surface area contributed by atoms with Gasteiger partial charge in [-0.2, -0.15) is 18.3 Å². The maximum Gasteiger partial charge on any atom is 0.411 e. The van der Waals surface area contributed by atoms with Crippen molar-refractivity contribution in [1.29, 1.82) is 0 Å². The first-order valence-corrected chi connectivity index (χ1v) is 8.03. The van der Waals surface area contributed by atoms with Gasteiger partial charge in [0.15, 0.2) is 0 Å². The number of aromatic carboxylic acids is 1. The Morgan fingerprint density at radius 2 is 2.00 bits per heavy atom. The Bertz CT molecular complexity index is 861. The lowest BCUT2D eigenvalue weighted by Gasteiger charge is -2.34. The van der Waals surface area contributed by atoms with E-state index in [-0.39, 0.29) is 23.9 Å². The minimum absolute atomic E-state index is 0.00168. The van der Waals surface area contributed by atoms with Crippen LogP contribution < -0.4 is 4.90 Å². The van der Waals surface area contributed by atoms with Crippen LogP contribution in [-0.2, 0) is 17.9 Å². The second-order valence-electron chi connectivity index (χ2n) is 6.19. The molecule has 3 rings (SSSR count). The van der Waals surface area contributed by atoms with Crippen LogP contribution in [0, 0.1) is 0 Å². The lowest BCUT2D eigenvalue weighted by molar-refractivity contribution is -0.176. The third-order valence-electron chi connectivity index (χ3n) is 4.12. The number of carboxylic acids is 1. The monoisotopic (exact) mass is 383 g/mol. The van der Waals surface area contributed by atoms with Gasteiger partial charge in [-0.1, -0.05) is 12.1 Å². The number of hydrogen-bond donors (Lipinski definition) is 1. The van der Waals surface area contributed by atoms with E-state index in [2.05, 4.69) is 9.84 Å². The average Bonchev–Trinajstić information content (AvgIpc) is 2.99. The second kappa shape index (κ2) is 7.03. The predicted molar refractivity (Wildman–Crippen MR) is 87.6 cm³/mol. The van der Waals surface area contributed by atoms with Crippen molar-refractivity contribution in [1.82, 2.24) is 9.78 Å². The Morgan fingerprint density at radius 3 is 2.59 bits per heavy atom.